The number of fused-ring (bicyclic) bond motifs is 1. The monoisotopic (exact) mass is 444 g/mol. The van der Waals surface area contributed by atoms with E-state index in [9.17, 15) is 22.2 Å². The predicted octanol–water partition coefficient (Wildman–Crippen LogP) is 4.04. The molecule has 1 saturated carbocycles. The Morgan fingerprint density at radius 1 is 1.21 bits per heavy atom. The molecule has 29 heavy (non-hydrogen) atoms. The van der Waals surface area contributed by atoms with Crippen molar-refractivity contribution >= 4 is 39.0 Å². The van der Waals surface area contributed by atoms with Crippen LogP contribution in [0.25, 0.3) is 10.9 Å². The lowest BCUT2D eigenvalue weighted by Gasteiger charge is -2.12. The Balaban J connectivity index is 1.73. The zero-order valence-corrected chi connectivity index (χ0v) is 16.3. The number of nitrogens with zero attached hydrogens (tertiary/aromatic N) is 2. The number of thiol groups is 1. The Kier molecular flexibility index (Phi) is 4.99. The van der Waals surface area contributed by atoms with Crippen LogP contribution in [0.2, 0.25) is 5.02 Å². The maximum atomic E-state index is 12.8. The lowest BCUT2D eigenvalue weighted by molar-refractivity contribution is -0.274. The zero-order valence-electron chi connectivity index (χ0n) is 14.6. The summed E-state index contributed by atoms with van der Waals surface area (Å²) in [5.41, 5.74) is 2.75. The number of nitrogens with one attached hydrogen (secondary N) is 1. The first-order valence-electron chi connectivity index (χ1n) is 8.51. The van der Waals surface area contributed by atoms with E-state index in [1.165, 1.54) is 18.5 Å². The van der Waals surface area contributed by atoms with E-state index in [-0.39, 0.29) is 16.2 Å². The summed E-state index contributed by atoms with van der Waals surface area (Å²) in [7, 11) is -1.67. The lowest BCUT2D eigenvalue weighted by atomic mass is 10.2. The molecular weight excluding hydrogens is 431 g/mol. The summed E-state index contributed by atoms with van der Waals surface area (Å²) in [6.07, 6.45) is -1.94. The van der Waals surface area contributed by atoms with Gasteiger partial charge in [0.15, 0.2) is 4.90 Å². The summed E-state index contributed by atoms with van der Waals surface area (Å²) in [4.78, 5) is 17.4. The van der Waals surface area contributed by atoms with Gasteiger partial charge in [0.2, 0.25) is 0 Å². The summed E-state index contributed by atoms with van der Waals surface area (Å²) in [6, 6.07) is 8.09. The second-order valence-electron chi connectivity index (χ2n) is 6.48. The van der Waals surface area contributed by atoms with Crippen molar-refractivity contribution in [2.45, 2.75) is 29.3 Å². The van der Waals surface area contributed by atoms with Crippen LogP contribution in [0.4, 0.5) is 18.9 Å². The van der Waals surface area contributed by atoms with Crippen LogP contribution < -0.4 is 15.7 Å². The minimum atomic E-state index is -4.88. The van der Waals surface area contributed by atoms with Gasteiger partial charge in [-0.3, -0.25) is 10.2 Å². The molecule has 1 fully saturated rings. The average Bonchev–Trinajstić information content (AvgIpc) is 3.48. The van der Waals surface area contributed by atoms with Crippen molar-refractivity contribution in [2.75, 3.05) is 5.43 Å². The highest BCUT2D eigenvalue weighted by Gasteiger charge is 2.37. The molecule has 1 unspecified atom stereocenters. The smallest absolute Gasteiger partial charge is 0.406 e. The number of hydrogen-bond acceptors (Lipinski definition) is 5. The fraction of sp³-hybridized carbons (Fsp3) is 0.222. The normalized spacial score (nSPS) is 15.3. The van der Waals surface area contributed by atoms with Gasteiger partial charge in [0, 0.05) is 5.02 Å². The molecule has 0 amide bonds. The number of ether oxygens (including phenoxy) is 1. The third-order valence-electron chi connectivity index (χ3n) is 4.28. The number of halogens is 4. The van der Waals surface area contributed by atoms with E-state index < -0.39 is 28.5 Å². The molecule has 0 aliphatic heterocycles. The molecule has 4 rings (SSSR count). The summed E-state index contributed by atoms with van der Waals surface area (Å²) in [6.45, 7) is 0. The molecule has 6 nitrogen and oxygen atoms in total. The quantitative estimate of drug-likeness (QED) is 0.475. The van der Waals surface area contributed by atoms with Gasteiger partial charge in [0.05, 0.1) is 10.9 Å². The fourth-order valence-corrected chi connectivity index (χ4v) is 4.56. The molecule has 3 aromatic rings. The van der Waals surface area contributed by atoms with E-state index in [1.807, 2.05) is 0 Å². The van der Waals surface area contributed by atoms with Crippen molar-refractivity contribution < 1.29 is 22.1 Å². The van der Waals surface area contributed by atoms with Gasteiger partial charge in [-0.05, 0) is 49.2 Å². The molecule has 1 N–H and O–H groups in total. The van der Waals surface area contributed by atoms with Crippen molar-refractivity contribution in [3.63, 3.8) is 0 Å². The van der Waals surface area contributed by atoms with Crippen LogP contribution in [0.15, 0.2) is 52.4 Å². The van der Waals surface area contributed by atoms with Crippen LogP contribution in [0.1, 0.15) is 12.8 Å². The first-order valence-corrected chi connectivity index (χ1v) is 10.2. The standard InChI is InChI=1S/C18H13ClF3N3O3S/c19-10-1-6-16(29(27)12-3-4-12)15(7-10)24-25-9-23-14-5-2-11(28-18(20,21)22)8-13(14)17(25)26/h1-2,5-9,12,24H,3-4H2/p+1. The molecule has 0 spiro atoms. The minimum absolute atomic E-state index is 0.0723. The van der Waals surface area contributed by atoms with E-state index in [0.717, 1.165) is 29.7 Å². The Morgan fingerprint density at radius 2 is 1.97 bits per heavy atom. The van der Waals surface area contributed by atoms with Crippen LogP contribution in [-0.4, -0.2) is 21.3 Å². The van der Waals surface area contributed by atoms with Crippen LogP contribution in [-0.2, 0) is 15.0 Å². The summed E-state index contributed by atoms with van der Waals surface area (Å²) < 4.78 is 54.9. The molecule has 0 saturated heterocycles. The maximum Gasteiger partial charge on any atom is 0.573 e. The van der Waals surface area contributed by atoms with Crippen molar-refractivity contribution in [3.8, 4) is 5.75 Å². The SMILES string of the molecule is O=c1c2cc(OC(F)(F)F)ccc2ncn1Nc1cc(Cl)ccc1[SH+](=O)C1CC1. The number of rotatable bonds is 5. The molecule has 0 radical (unpaired) electrons. The maximum absolute atomic E-state index is 12.8. The first-order chi connectivity index (χ1) is 13.7. The average molecular weight is 445 g/mol. The highest BCUT2D eigenvalue weighted by molar-refractivity contribution is 7.86. The largest absolute Gasteiger partial charge is 0.573 e. The van der Waals surface area contributed by atoms with Crippen molar-refractivity contribution in [3.05, 3.63) is 58.1 Å². The Hall–Kier alpha value is -2.59. The molecule has 11 heteroatoms. The third-order valence-corrected chi connectivity index (χ3v) is 6.56. The molecule has 0 bridgehead atoms. The number of anilines is 1. The lowest BCUT2D eigenvalue weighted by Crippen LogP contribution is -2.27. The molecule has 1 aliphatic rings. The van der Waals surface area contributed by atoms with E-state index in [2.05, 4.69) is 15.1 Å². The number of benzene rings is 2. The van der Waals surface area contributed by atoms with Crippen molar-refractivity contribution in [1.82, 2.24) is 9.66 Å². The zero-order chi connectivity index (χ0) is 20.8. The van der Waals surface area contributed by atoms with Crippen LogP contribution >= 0.6 is 11.6 Å². The second-order valence-corrected chi connectivity index (χ2v) is 8.78. The molecule has 2 aromatic carbocycles. The molecular formula is C18H14ClF3N3O3S+. The van der Waals surface area contributed by atoms with Crippen molar-refractivity contribution in [2.24, 2.45) is 0 Å². The van der Waals surface area contributed by atoms with Crippen LogP contribution in [0.3, 0.4) is 0 Å². The minimum Gasteiger partial charge on any atom is -0.406 e. The predicted molar refractivity (Wildman–Crippen MR) is 104 cm³/mol. The van der Waals surface area contributed by atoms with Gasteiger partial charge < -0.3 is 4.74 Å². The van der Waals surface area contributed by atoms with Crippen LogP contribution in [0.5, 0.6) is 5.75 Å². The Bertz CT molecular complexity index is 1180. The van der Waals surface area contributed by atoms with Gasteiger partial charge in [-0.25, -0.2) is 9.66 Å². The Labute approximate surface area is 169 Å². The summed E-state index contributed by atoms with van der Waals surface area (Å²) in [5.74, 6) is -0.526. The first kappa shape index (κ1) is 19.7. The van der Waals surface area contributed by atoms with Crippen LogP contribution in [0, 0.1) is 0 Å². The number of alkyl halides is 3. The van der Waals surface area contributed by atoms with Gasteiger partial charge in [0.25, 0.3) is 5.56 Å². The molecule has 1 heterocycles. The van der Waals surface area contributed by atoms with Gasteiger partial charge in [-0.2, -0.15) is 0 Å². The topological polar surface area (TPSA) is 73.2 Å². The van der Waals surface area contributed by atoms with Crippen molar-refractivity contribution in [1.29, 1.82) is 0 Å². The van der Waals surface area contributed by atoms with Gasteiger partial charge in [-0.1, -0.05) is 11.6 Å². The summed E-state index contributed by atoms with van der Waals surface area (Å²) in [5, 5.41) is 0.398. The van der Waals surface area contributed by atoms with E-state index >= 15 is 0 Å². The number of hydrogen-bond donors (Lipinski definition) is 1. The molecule has 1 aromatic heterocycles. The molecule has 1 aliphatic carbocycles. The van der Waals surface area contributed by atoms with E-state index in [0.29, 0.717) is 15.6 Å². The van der Waals surface area contributed by atoms with E-state index in [4.69, 9.17) is 11.6 Å². The second kappa shape index (κ2) is 7.34. The number of aromatic nitrogens is 2. The molecule has 1 atom stereocenters. The fourth-order valence-electron chi connectivity index (χ4n) is 2.80. The molecule has 152 valence electrons. The third kappa shape index (κ3) is 4.38. The summed E-state index contributed by atoms with van der Waals surface area (Å²) >= 11 is 6.04. The van der Waals surface area contributed by atoms with Gasteiger partial charge >= 0.3 is 6.36 Å². The highest BCUT2D eigenvalue weighted by atomic mass is 35.5. The van der Waals surface area contributed by atoms with Gasteiger partial charge in [-0.15, -0.1) is 17.4 Å². The highest BCUT2D eigenvalue weighted by Crippen LogP contribution is 2.34. The Morgan fingerprint density at radius 3 is 2.66 bits per heavy atom. The van der Waals surface area contributed by atoms with Gasteiger partial charge in [0.1, 0.15) is 33.8 Å². The van der Waals surface area contributed by atoms with E-state index in [1.54, 1.807) is 12.1 Å².